The lowest BCUT2D eigenvalue weighted by Crippen LogP contribution is -1.95. The maximum absolute atomic E-state index is 5.84. The second-order valence-electron chi connectivity index (χ2n) is 3.76. The molecular weight excluding hydrogens is 212 g/mol. The number of nitrogens with one attached hydrogen (secondary N) is 1. The van der Waals surface area contributed by atoms with Gasteiger partial charge in [0.05, 0.1) is 7.11 Å². The van der Waals surface area contributed by atoms with Crippen molar-refractivity contribution in [2.24, 2.45) is 0 Å². The summed E-state index contributed by atoms with van der Waals surface area (Å²) in [5, 5.41) is 3.16. The van der Waals surface area contributed by atoms with E-state index in [0.29, 0.717) is 0 Å². The van der Waals surface area contributed by atoms with Crippen molar-refractivity contribution in [3.63, 3.8) is 0 Å². The Balaban J connectivity index is 2.62. The van der Waals surface area contributed by atoms with Gasteiger partial charge < -0.3 is 15.8 Å². The van der Waals surface area contributed by atoms with E-state index in [2.05, 4.69) is 5.32 Å². The minimum atomic E-state index is 0.741. The van der Waals surface area contributed by atoms with Gasteiger partial charge in [-0.25, -0.2) is 0 Å². The molecule has 2 aromatic rings. The quantitative estimate of drug-likeness (QED) is 0.794. The van der Waals surface area contributed by atoms with Crippen molar-refractivity contribution in [2.75, 3.05) is 25.2 Å². The lowest BCUT2D eigenvalue weighted by atomic mass is 10.0. The predicted molar refractivity (Wildman–Crippen MR) is 72.4 cm³/mol. The summed E-state index contributed by atoms with van der Waals surface area (Å²) in [7, 11) is 3.56. The third-order valence-corrected chi connectivity index (χ3v) is 2.71. The summed E-state index contributed by atoms with van der Waals surface area (Å²) in [6.45, 7) is 0. The molecule has 0 saturated heterocycles. The number of hydrogen-bond donors (Lipinski definition) is 2. The normalized spacial score (nSPS) is 10.0. The Hall–Kier alpha value is -2.16. The van der Waals surface area contributed by atoms with Crippen molar-refractivity contribution in [2.45, 2.75) is 0 Å². The van der Waals surface area contributed by atoms with Crippen LogP contribution in [0.2, 0.25) is 0 Å². The topological polar surface area (TPSA) is 47.3 Å². The van der Waals surface area contributed by atoms with Crippen LogP contribution in [0.4, 0.5) is 11.4 Å². The first kappa shape index (κ1) is 11.3. The monoisotopic (exact) mass is 228 g/mol. The largest absolute Gasteiger partial charge is 0.496 e. The zero-order chi connectivity index (χ0) is 12.3. The molecule has 0 aliphatic rings. The molecule has 17 heavy (non-hydrogen) atoms. The predicted octanol–water partition coefficient (Wildman–Crippen LogP) is 2.99. The van der Waals surface area contributed by atoms with Crippen LogP contribution in [0, 0.1) is 0 Å². The maximum Gasteiger partial charge on any atom is 0.126 e. The summed E-state index contributed by atoms with van der Waals surface area (Å²) in [5.74, 6) is 0.842. The third-order valence-electron chi connectivity index (χ3n) is 2.71. The summed E-state index contributed by atoms with van der Waals surface area (Å²) in [6, 6.07) is 13.7. The first-order valence-electron chi connectivity index (χ1n) is 5.47. The van der Waals surface area contributed by atoms with Crippen molar-refractivity contribution in [1.29, 1.82) is 0 Å². The van der Waals surface area contributed by atoms with Crippen LogP contribution in [0.15, 0.2) is 42.5 Å². The Kier molecular flexibility index (Phi) is 3.19. The molecule has 0 aliphatic carbocycles. The standard InChI is InChI=1S/C14H16N2O/c1-16-13-8-7-10(15)9-12(13)11-5-3-4-6-14(11)17-2/h3-9,16H,15H2,1-2H3. The fourth-order valence-corrected chi connectivity index (χ4v) is 1.87. The van der Waals surface area contributed by atoms with Crippen LogP contribution in [0.5, 0.6) is 5.75 Å². The highest BCUT2D eigenvalue weighted by Gasteiger charge is 2.09. The van der Waals surface area contributed by atoms with Gasteiger partial charge in [0, 0.05) is 29.5 Å². The van der Waals surface area contributed by atoms with E-state index in [4.69, 9.17) is 10.5 Å². The molecular formula is C14H16N2O. The molecule has 0 saturated carbocycles. The Labute approximate surface area is 101 Å². The van der Waals surface area contributed by atoms with E-state index >= 15 is 0 Å². The molecule has 0 spiro atoms. The van der Waals surface area contributed by atoms with E-state index in [9.17, 15) is 0 Å². The van der Waals surface area contributed by atoms with Gasteiger partial charge in [-0.15, -0.1) is 0 Å². The van der Waals surface area contributed by atoms with Crippen LogP contribution < -0.4 is 15.8 Å². The van der Waals surface area contributed by atoms with Crippen molar-refractivity contribution >= 4 is 11.4 Å². The van der Waals surface area contributed by atoms with E-state index in [1.807, 2.05) is 49.5 Å². The highest BCUT2D eigenvalue weighted by molar-refractivity contribution is 5.83. The zero-order valence-corrected chi connectivity index (χ0v) is 10.0. The highest BCUT2D eigenvalue weighted by atomic mass is 16.5. The van der Waals surface area contributed by atoms with Gasteiger partial charge in [-0.3, -0.25) is 0 Å². The van der Waals surface area contributed by atoms with Crippen LogP contribution in [0.3, 0.4) is 0 Å². The highest BCUT2D eigenvalue weighted by Crippen LogP contribution is 2.35. The molecule has 3 nitrogen and oxygen atoms in total. The number of hydrogen-bond acceptors (Lipinski definition) is 3. The fourth-order valence-electron chi connectivity index (χ4n) is 1.87. The number of benzene rings is 2. The third kappa shape index (κ3) is 2.18. The van der Waals surface area contributed by atoms with Gasteiger partial charge in [0.25, 0.3) is 0 Å². The van der Waals surface area contributed by atoms with E-state index in [0.717, 1.165) is 28.3 Å². The van der Waals surface area contributed by atoms with Crippen LogP contribution in [-0.4, -0.2) is 14.2 Å². The Morgan fingerprint density at radius 1 is 1.06 bits per heavy atom. The molecule has 0 atom stereocenters. The molecule has 0 fully saturated rings. The van der Waals surface area contributed by atoms with Gasteiger partial charge in [0.2, 0.25) is 0 Å². The van der Waals surface area contributed by atoms with Crippen molar-refractivity contribution < 1.29 is 4.74 Å². The van der Waals surface area contributed by atoms with Gasteiger partial charge in [0.1, 0.15) is 5.75 Å². The minimum Gasteiger partial charge on any atom is -0.496 e. The molecule has 0 heterocycles. The number of rotatable bonds is 3. The first-order chi connectivity index (χ1) is 8.26. The Morgan fingerprint density at radius 3 is 2.53 bits per heavy atom. The molecule has 3 N–H and O–H groups in total. The Bertz CT molecular complexity index is 523. The average Bonchev–Trinajstić information content (AvgIpc) is 2.38. The molecule has 88 valence electrons. The lowest BCUT2D eigenvalue weighted by Gasteiger charge is -2.13. The molecule has 0 bridgehead atoms. The molecule has 3 heteroatoms. The molecule has 0 amide bonds. The summed E-state index contributed by atoms with van der Waals surface area (Å²) >= 11 is 0. The number of nitrogen functional groups attached to an aromatic ring is 1. The minimum absolute atomic E-state index is 0.741. The summed E-state index contributed by atoms with van der Waals surface area (Å²) in [5.41, 5.74) is 9.69. The number of para-hydroxylation sites is 1. The van der Waals surface area contributed by atoms with E-state index in [1.165, 1.54) is 0 Å². The zero-order valence-electron chi connectivity index (χ0n) is 10.0. The second kappa shape index (κ2) is 4.78. The number of methoxy groups -OCH3 is 1. The molecule has 0 unspecified atom stereocenters. The summed E-state index contributed by atoms with van der Waals surface area (Å²) in [6.07, 6.45) is 0. The van der Waals surface area contributed by atoms with Gasteiger partial charge in [-0.05, 0) is 24.3 Å². The maximum atomic E-state index is 5.84. The van der Waals surface area contributed by atoms with Crippen molar-refractivity contribution in [3.8, 4) is 16.9 Å². The molecule has 0 aliphatic heterocycles. The van der Waals surface area contributed by atoms with Crippen molar-refractivity contribution in [1.82, 2.24) is 0 Å². The summed E-state index contributed by atoms with van der Waals surface area (Å²) < 4.78 is 5.37. The molecule has 0 aromatic heterocycles. The molecule has 2 rings (SSSR count). The number of nitrogens with two attached hydrogens (primary N) is 1. The molecule has 0 radical (unpaired) electrons. The summed E-state index contributed by atoms with van der Waals surface area (Å²) in [4.78, 5) is 0. The van der Waals surface area contributed by atoms with Gasteiger partial charge in [-0.2, -0.15) is 0 Å². The van der Waals surface area contributed by atoms with Gasteiger partial charge >= 0.3 is 0 Å². The van der Waals surface area contributed by atoms with Crippen molar-refractivity contribution in [3.05, 3.63) is 42.5 Å². The Morgan fingerprint density at radius 2 is 1.82 bits per heavy atom. The van der Waals surface area contributed by atoms with Crippen LogP contribution >= 0.6 is 0 Å². The number of anilines is 2. The number of ether oxygens (including phenoxy) is 1. The van der Waals surface area contributed by atoms with E-state index in [1.54, 1.807) is 7.11 Å². The van der Waals surface area contributed by atoms with Gasteiger partial charge in [-0.1, -0.05) is 18.2 Å². The van der Waals surface area contributed by atoms with E-state index < -0.39 is 0 Å². The van der Waals surface area contributed by atoms with Crippen LogP contribution in [0.25, 0.3) is 11.1 Å². The molecule has 2 aromatic carbocycles. The van der Waals surface area contributed by atoms with Crippen LogP contribution in [-0.2, 0) is 0 Å². The average molecular weight is 228 g/mol. The lowest BCUT2D eigenvalue weighted by molar-refractivity contribution is 0.416. The van der Waals surface area contributed by atoms with Crippen LogP contribution in [0.1, 0.15) is 0 Å². The first-order valence-corrected chi connectivity index (χ1v) is 5.47. The van der Waals surface area contributed by atoms with E-state index in [-0.39, 0.29) is 0 Å². The fraction of sp³-hybridized carbons (Fsp3) is 0.143. The second-order valence-corrected chi connectivity index (χ2v) is 3.76. The smallest absolute Gasteiger partial charge is 0.126 e. The van der Waals surface area contributed by atoms with Gasteiger partial charge in [0.15, 0.2) is 0 Å². The SMILES string of the molecule is CNc1ccc(N)cc1-c1ccccc1OC.